The van der Waals surface area contributed by atoms with Crippen molar-refractivity contribution in [2.45, 2.75) is 45.8 Å². The van der Waals surface area contributed by atoms with Crippen molar-refractivity contribution in [3.05, 3.63) is 59.3 Å². The fraction of sp³-hybridized carbons (Fsp3) is 0.455. The number of benzene rings is 1. The van der Waals surface area contributed by atoms with Crippen molar-refractivity contribution in [1.29, 1.82) is 0 Å². The standard InChI is InChI=1S/C22H32N4O2/c1-6-23-21(25-14-16-11-12-24-20(13-16)28-5)26-15-19(27)17-7-9-18(10-8-17)22(2,3)4/h7-13,19,27H,6,14-15H2,1-5H3,(H2,23,25,26). The number of aliphatic hydroxyl groups excluding tert-OH is 1. The van der Waals surface area contributed by atoms with Crippen LogP contribution < -0.4 is 15.4 Å². The van der Waals surface area contributed by atoms with Gasteiger partial charge in [0.05, 0.1) is 19.8 Å². The second kappa shape index (κ2) is 10.1. The number of nitrogens with one attached hydrogen (secondary N) is 2. The fourth-order valence-electron chi connectivity index (χ4n) is 2.69. The minimum atomic E-state index is -0.612. The molecule has 2 rings (SSSR count). The molecule has 0 saturated carbocycles. The van der Waals surface area contributed by atoms with Gasteiger partial charge in [0.15, 0.2) is 5.96 Å². The van der Waals surface area contributed by atoms with Crippen LogP contribution in [-0.4, -0.2) is 36.2 Å². The average Bonchev–Trinajstić information content (AvgIpc) is 2.69. The predicted octanol–water partition coefficient (Wildman–Crippen LogP) is 3.18. The molecular weight excluding hydrogens is 352 g/mol. The third-order valence-electron chi connectivity index (χ3n) is 4.40. The smallest absolute Gasteiger partial charge is 0.213 e. The summed E-state index contributed by atoms with van der Waals surface area (Å²) in [5.41, 5.74) is 3.24. The summed E-state index contributed by atoms with van der Waals surface area (Å²) in [6.07, 6.45) is 1.09. The Morgan fingerprint density at radius 2 is 1.89 bits per heavy atom. The monoisotopic (exact) mass is 384 g/mol. The molecule has 6 nitrogen and oxygen atoms in total. The number of ether oxygens (including phenoxy) is 1. The number of rotatable bonds is 7. The lowest BCUT2D eigenvalue weighted by atomic mass is 9.86. The highest BCUT2D eigenvalue weighted by Gasteiger charge is 2.14. The molecule has 28 heavy (non-hydrogen) atoms. The second-order valence-electron chi connectivity index (χ2n) is 7.67. The van der Waals surface area contributed by atoms with Crippen LogP contribution in [0.4, 0.5) is 0 Å². The molecule has 6 heteroatoms. The Hall–Kier alpha value is -2.60. The van der Waals surface area contributed by atoms with Gasteiger partial charge in [-0.1, -0.05) is 45.0 Å². The van der Waals surface area contributed by atoms with E-state index in [1.807, 2.05) is 31.2 Å². The predicted molar refractivity (Wildman–Crippen MR) is 114 cm³/mol. The molecule has 1 unspecified atom stereocenters. The van der Waals surface area contributed by atoms with E-state index in [4.69, 9.17) is 4.74 Å². The van der Waals surface area contributed by atoms with Crippen LogP contribution in [0.15, 0.2) is 47.6 Å². The molecule has 2 aromatic rings. The molecule has 152 valence electrons. The van der Waals surface area contributed by atoms with E-state index in [0.29, 0.717) is 24.9 Å². The van der Waals surface area contributed by atoms with Crippen LogP contribution in [0, 0.1) is 0 Å². The van der Waals surface area contributed by atoms with Crippen molar-refractivity contribution < 1.29 is 9.84 Å². The molecular formula is C22H32N4O2. The van der Waals surface area contributed by atoms with Crippen molar-refractivity contribution in [1.82, 2.24) is 15.6 Å². The lowest BCUT2D eigenvalue weighted by molar-refractivity contribution is 0.181. The molecule has 0 fully saturated rings. The van der Waals surface area contributed by atoms with E-state index in [9.17, 15) is 5.11 Å². The molecule has 1 heterocycles. The number of aliphatic hydroxyl groups is 1. The fourth-order valence-corrected chi connectivity index (χ4v) is 2.69. The maximum atomic E-state index is 10.5. The largest absolute Gasteiger partial charge is 0.481 e. The van der Waals surface area contributed by atoms with Gasteiger partial charge >= 0.3 is 0 Å². The molecule has 0 aliphatic carbocycles. The molecule has 0 spiro atoms. The normalized spacial score (nSPS) is 13.1. The molecule has 0 bridgehead atoms. The lowest BCUT2D eigenvalue weighted by Gasteiger charge is -2.20. The zero-order valence-electron chi connectivity index (χ0n) is 17.5. The first kappa shape index (κ1) is 21.7. The third-order valence-corrected chi connectivity index (χ3v) is 4.40. The quantitative estimate of drug-likeness (QED) is 0.505. The summed E-state index contributed by atoms with van der Waals surface area (Å²) < 4.78 is 5.14. The molecule has 0 radical (unpaired) electrons. The Balaban J connectivity index is 1.97. The van der Waals surface area contributed by atoms with Gasteiger partial charge in [0.25, 0.3) is 0 Å². The first-order chi connectivity index (χ1) is 13.3. The van der Waals surface area contributed by atoms with E-state index >= 15 is 0 Å². The van der Waals surface area contributed by atoms with Crippen LogP contribution in [0.2, 0.25) is 0 Å². The van der Waals surface area contributed by atoms with E-state index in [0.717, 1.165) is 17.7 Å². The van der Waals surface area contributed by atoms with Crippen LogP contribution in [0.25, 0.3) is 0 Å². The molecule has 1 atom stereocenters. The molecule has 1 aromatic heterocycles. The minimum Gasteiger partial charge on any atom is -0.481 e. The van der Waals surface area contributed by atoms with Crippen LogP contribution in [0.5, 0.6) is 5.88 Å². The van der Waals surface area contributed by atoms with E-state index in [1.165, 1.54) is 5.56 Å². The summed E-state index contributed by atoms with van der Waals surface area (Å²) in [5, 5.41) is 16.9. The van der Waals surface area contributed by atoms with Gasteiger partial charge in [0.1, 0.15) is 0 Å². The highest BCUT2D eigenvalue weighted by atomic mass is 16.5. The SMILES string of the molecule is CCNC(=NCc1ccnc(OC)c1)NCC(O)c1ccc(C(C)(C)C)cc1. The molecule has 0 amide bonds. The molecule has 3 N–H and O–H groups in total. The van der Waals surface area contributed by atoms with Crippen molar-refractivity contribution in [3.8, 4) is 5.88 Å². The lowest BCUT2D eigenvalue weighted by Crippen LogP contribution is -2.39. The summed E-state index contributed by atoms with van der Waals surface area (Å²) in [5.74, 6) is 1.23. The van der Waals surface area contributed by atoms with Gasteiger partial charge in [-0.25, -0.2) is 9.98 Å². The van der Waals surface area contributed by atoms with Crippen LogP contribution in [-0.2, 0) is 12.0 Å². The van der Waals surface area contributed by atoms with Crippen LogP contribution >= 0.6 is 0 Å². The third kappa shape index (κ3) is 6.53. The number of methoxy groups -OCH3 is 1. The number of hydrogen-bond acceptors (Lipinski definition) is 4. The Kier molecular flexibility index (Phi) is 7.81. The van der Waals surface area contributed by atoms with E-state index in [1.54, 1.807) is 13.3 Å². The van der Waals surface area contributed by atoms with Gasteiger partial charge in [0.2, 0.25) is 5.88 Å². The summed E-state index contributed by atoms with van der Waals surface area (Å²) in [6, 6.07) is 11.9. The highest BCUT2D eigenvalue weighted by molar-refractivity contribution is 5.79. The maximum absolute atomic E-state index is 10.5. The molecule has 0 saturated heterocycles. The summed E-state index contributed by atoms with van der Waals surface area (Å²) in [4.78, 5) is 8.67. The number of pyridine rings is 1. The van der Waals surface area contributed by atoms with E-state index in [2.05, 4.69) is 53.5 Å². The Bertz CT molecular complexity index is 767. The topological polar surface area (TPSA) is 78.8 Å². The first-order valence-corrected chi connectivity index (χ1v) is 9.63. The second-order valence-corrected chi connectivity index (χ2v) is 7.67. The van der Waals surface area contributed by atoms with E-state index < -0.39 is 6.10 Å². The Morgan fingerprint density at radius 1 is 1.18 bits per heavy atom. The van der Waals surface area contributed by atoms with Crippen LogP contribution in [0.3, 0.4) is 0 Å². The van der Waals surface area contributed by atoms with Crippen LogP contribution in [0.1, 0.15) is 50.5 Å². The Labute approximate surface area is 168 Å². The average molecular weight is 385 g/mol. The van der Waals surface area contributed by atoms with Gasteiger partial charge < -0.3 is 20.5 Å². The van der Waals surface area contributed by atoms with Crippen molar-refractivity contribution in [2.75, 3.05) is 20.2 Å². The van der Waals surface area contributed by atoms with Gasteiger partial charge in [0, 0.05) is 25.4 Å². The molecule has 0 aliphatic rings. The van der Waals surface area contributed by atoms with Gasteiger partial charge in [-0.2, -0.15) is 0 Å². The van der Waals surface area contributed by atoms with Gasteiger partial charge in [-0.05, 0) is 35.1 Å². The van der Waals surface area contributed by atoms with Crippen molar-refractivity contribution >= 4 is 5.96 Å². The van der Waals surface area contributed by atoms with Gasteiger partial charge in [-0.15, -0.1) is 0 Å². The minimum absolute atomic E-state index is 0.0994. The summed E-state index contributed by atoms with van der Waals surface area (Å²) in [6.45, 7) is 10.1. The zero-order valence-corrected chi connectivity index (χ0v) is 17.5. The maximum Gasteiger partial charge on any atom is 0.213 e. The molecule has 0 aliphatic heterocycles. The van der Waals surface area contributed by atoms with Crippen molar-refractivity contribution in [2.24, 2.45) is 4.99 Å². The number of guanidine groups is 1. The first-order valence-electron chi connectivity index (χ1n) is 9.63. The number of nitrogens with zero attached hydrogens (tertiary/aromatic N) is 2. The number of hydrogen-bond donors (Lipinski definition) is 3. The Morgan fingerprint density at radius 3 is 2.50 bits per heavy atom. The number of aliphatic imine (C=N–C) groups is 1. The number of aromatic nitrogens is 1. The summed E-state index contributed by atoms with van der Waals surface area (Å²) >= 11 is 0. The highest BCUT2D eigenvalue weighted by Crippen LogP contribution is 2.23. The zero-order chi connectivity index (χ0) is 20.6. The summed E-state index contributed by atoms with van der Waals surface area (Å²) in [7, 11) is 1.59. The molecule has 1 aromatic carbocycles. The van der Waals surface area contributed by atoms with E-state index in [-0.39, 0.29) is 5.41 Å². The van der Waals surface area contributed by atoms with Gasteiger partial charge in [-0.3, -0.25) is 0 Å². The van der Waals surface area contributed by atoms with Crippen molar-refractivity contribution in [3.63, 3.8) is 0 Å².